The molecule has 3 unspecified atom stereocenters. The lowest BCUT2D eigenvalue weighted by atomic mass is 9.80. The normalized spacial score (nSPS) is 28.0. The van der Waals surface area contributed by atoms with Crippen molar-refractivity contribution < 1.29 is 17.0 Å². The lowest BCUT2D eigenvalue weighted by molar-refractivity contribution is -0.129. The molecule has 1 aromatic carbocycles. The van der Waals surface area contributed by atoms with Crippen molar-refractivity contribution in [1.82, 2.24) is 4.90 Å². The summed E-state index contributed by atoms with van der Waals surface area (Å²) in [4.78, 5) is 15.1. The Balaban J connectivity index is 1.85. The van der Waals surface area contributed by atoms with E-state index in [0.717, 1.165) is 24.3 Å². The zero-order valence-corrected chi connectivity index (χ0v) is 14.2. The fourth-order valence-corrected chi connectivity index (χ4v) is 3.88. The summed E-state index contributed by atoms with van der Waals surface area (Å²) >= 11 is 0. The molecule has 0 amide bonds. The quantitative estimate of drug-likeness (QED) is 0.854. The van der Waals surface area contributed by atoms with Gasteiger partial charge in [0.25, 0.3) is 0 Å². The van der Waals surface area contributed by atoms with Gasteiger partial charge in [0.2, 0.25) is 0 Å². The Morgan fingerprint density at radius 1 is 1.39 bits per heavy atom. The fourth-order valence-electron chi connectivity index (χ4n) is 3.88. The van der Waals surface area contributed by atoms with Crippen LogP contribution >= 0.6 is 0 Å². The van der Waals surface area contributed by atoms with Gasteiger partial charge in [0, 0.05) is 34.2 Å². The second-order valence-corrected chi connectivity index (χ2v) is 6.70. The molecular weight excluding hydrogens is 290 g/mol. The minimum atomic E-state index is -0.850. The van der Waals surface area contributed by atoms with E-state index in [1.54, 1.807) is 21.1 Å². The van der Waals surface area contributed by atoms with Crippen molar-refractivity contribution in [3.8, 4) is 11.5 Å². The summed E-state index contributed by atoms with van der Waals surface area (Å²) in [6, 6.07) is 4.13. The third-order valence-electron chi connectivity index (χ3n) is 5.01. The fraction of sp³-hybridized carbons (Fsp3) is 0.632. The maximum Gasteiger partial charge on any atom is 0.161 e. The highest BCUT2D eigenvalue weighted by Gasteiger charge is 2.38. The van der Waals surface area contributed by atoms with Crippen molar-refractivity contribution in [3.63, 3.8) is 0 Å². The molecule has 3 rings (SSSR count). The average Bonchev–Trinajstić information content (AvgIpc) is 2.61. The zero-order valence-electron chi connectivity index (χ0n) is 16.2. The maximum atomic E-state index is 12.7. The summed E-state index contributed by atoms with van der Waals surface area (Å²) < 4.78 is 26.5. The van der Waals surface area contributed by atoms with Crippen molar-refractivity contribution >= 4 is 5.78 Å². The molecule has 0 aromatic heterocycles. The Labute approximate surface area is 141 Å². The summed E-state index contributed by atoms with van der Waals surface area (Å²) in [7, 11) is 3.26. The van der Waals surface area contributed by atoms with Crippen LogP contribution in [0.3, 0.4) is 0 Å². The molecule has 4 nitrogen and oxygen atoms in total. The van der Waals surface area contributed by atoms with Crippen molar-refractivity contribution in [1.29, 1.82) is 0 Å². The molecule has 0 radical (unpaired) electrons. The van der Waals surface area contributed by atoms with Crippen molar-refractivity contribution in [3.05, 3.63) is 23.3 Å². The van der Waals surface area contributed by atoms with Gasteiger partial charge in [-0.1, -0.05) is 13.8 Å². The van der Waals surface area contributed by atoms with E-state index >= 15 is 0 Å². The molecule has 4 heteroatoms. The van der Waals surface area contributed by atoms with Crippen LogP contribution < -0.4 is 9.47 Å². The van der Waals surface area contributed by atoms with Gasteiger partial charge in [-0.05, 0) is 42.0 Å². The molecule has 3 atom stereocenters. The van der Waals surface area contributed by atoms with E-state index in [1.165, 1.54) is 5.56 Å². The Kier molecular flexibility index (Phi) is 3.93. The molecule has 23 heavy (non-hydrogen) atoms. The summed E-state index contributed by atoms with van der Waals surface area (Å²) in [6.45, 7) is 3.38. The molecule has 1 fully saturated rings. The predicted octanol–water partition coefficient (Wildman–Crippen LogP) is 3.24. The Morgan fingerprint density at radius 2 is 2.13 bits per heavy atom. The van der Waals surface area contributed by atoms with Crippen LogP contribution in [0, 0.1) is 11.8 Å². The van der Waals surface area contributed by atoms with Gasteiger partial charge in [-0.2, -0.15) is 0 Å². The Morgan fingerprint density at radius 3 is 2.83 bits per heavy atom. The number of ether oxygens (including phenoxy) is 2. The molecule has 0 saturated carbocycles. The van der Waals surface area contributed by atoms with Gasteiger partial charge in [0.1, 0.15) is 5.78 Å². The van der Waals surface area contributed by atoms with Gasteiger partial charge in [-0.3, -0.25) is 9.69 Å². The molecule has 2 heterocycles. The van der Waals surface area contributed by atoms with Gasteiger partial charge in [-0.25, -0.2) is 0 Å². The third kappa shape index (κ3) is 3.09. The average molecular weight is 319 g/mol. The molecule has 1 saturated heterocycles. The first kappa shape index (κ1) is 13.8. The first-order chi connectivity index (χ1) is 11.9. The minimum absolute atomic E-state index is 0.0278. The number of piperidine rings is 1. The molecule has 2 aliphatic rings. The first-order valence-electron chi connectivity index (χ1n) is 9.40. The molecular formula is C19H27NO3. The largest absolute Gasteiger partial charge is 0.493 e. The van der Waals surface area contributed by atoms with Crippen LogP contribution in [-0.2, 0) is 11.2 Å². The number of methoxy groups -OCH3 is 2. The third-order valence-corrected chi connectivity index (χ3v) is 5.01. The second kappa shape index (κ2) is 6.52. The summed E-state index contributed by atoms with van der Waals surface area (Å²) in [5, 5.41) is 0. The van der Waals surface area contributed by atoms with Crippen LogP contribution in [0.4, 0.5) is 0 Å². The molecule has 126 valence electrons. The smallest absolute Gasteiger partial charge is 0.161 e. The highest BCUT2D eigenvalue weighted by molar-refractivity contribution is 5.83. The molecule has 2 aliphatic heterocycles. The topological polar surface area (TPSA) is 38.8 Å². The van der Waals surface area contributed by atoms with Crippen molar-refractivity contribution in [2.24, 2.45) is 11.8 Å². The number of hydrogen-bond acceptors (Lipinski definition) is 4. The number of benzene rings is 1. The lowest BCUT2D eigenvalue weighted by Crippen LogP contribution is -2.46. The van der Waals surface area contributed by atoms with Crippen molar-refractivity contribution in [2.45, 2.75) is 39.1 Å². The molecule has 0 aliphatic carbocycles. The summed E-state index contributed by atoms with van der Waals surface area (Å²) in [6.07, 6.45) is 1.86. The summed E-state index contributed by atoms with van der Waals surface area (Å²) in [5.41, 5.74) is 2.38. The van der Waals surface area contributed by atoms with E-state index in [4.69, 9.17) is 12.2 Å². The minimum Gasteiger partial charge on any atom is -0.493 e. The van der Waals surface area contributed by atoms with Crippen LogP contribution in [-0.4, -0.2) is 38.0 Å². The Hall–Kier alpha value is -1.55. The number of carbonyl (C=O) groups excluding carboxylic acids is 1. The van der Waals surface area contributed by atoms with E-state index < -0.39 is 5.89 Å². The Bertz CT molecular complexity index is 662. The van der Waals surface area contributed by atoms with Crippen LogP contribution in [0.15, 0.2) is 12.1 Å². The standard InChI is InChI=1S/C19H27NO3/c1-12(2)7-14-11-20-6-5-13-8-18(22-3)19(23-4)9-15(13)16(20)10-17(14)21/h8-9,12,14,16H,5-7,10-11H2,1-4H3/i1D,12D. The van der Waals surface area contributed by atoms with Gasteiger partial charge < -0.3 is 9.47 Å². The van der Waals surface area contributed by atoms with E-state index in [-0.39, 0.29) is 24.6 Å². The number of nitrogens with zero attached hydrogens (tertiary/aromatic N) is 1. The van der Waals surface area contributed by atoms with Crippen LogP contribution in [0.2, 0.25) is 0 Å². The number of Topliss-reactive ketones (excluding diaryl/α,β-unsaturated/α-hetero) is 1. The molecule has 1 aromatic rings. The second-order valence-electron chi connectivity index (χ2n) is 6.70. The van der Waals surface area contributed by atoms with Crippen LogP contribution in [0.1, 0.15) is 46.6 Å². The number of fused-ring (bicyclic) bond motifs is 3. The maximum absolute atomic E-state index is 12.7. The van der Waals surface area contributed by atoms with Crippen molar-refractivity contribution in [2.75, 3.05) is 27.3 Å². The van der Waals surface area contributed by atoms with E-state index in [9.17, 15) is 4.79 Å². The van der Waals surface area contributed by atoms with Gasteiger partial charge in [0.15, 0.2) is 11.5 Å². The number of carbonyl (C=O) groups is 1. The highest BCUT2D eigenvalue weighted by atomic mass is 16.5. The number of hydrogen-bond donors (Lipinski definition) is 0. The van der Waals surface area contributed by atoms with E-state index in [1.807, 2.05) is 12.1 Å². The predicted molar refractivity (Wildman–Crippen MR) is 90.1 cm³/mol. The highest BCUT2D eigenvalue weighted by Crippen LogP contribution is 2.42. The van der Waals surface area contributed by atoms with Gasteiger partial charge >= 0.3 is 0 Å². The molecule has 0 spiro atoms. The monoisotopic (exact) mass is 319 g/mol. The summed E-state index contributed by atoms with van der Waals surface area (Å²) in [5.74, 6) is 0.666. The SMILES string of the molecule is [2H]CC([2H])(C)CC1CN2CCc3cc(OC)c(OC)cc3C2CC1=O. The van der Waals surface area contributed by atoms with Gasteiger partial charge in [-0.15, -0.1) is 0 Å². The van der Waals surface area contributed by atoms with E-state index in [2.05, 4.69) is 4.90 Å². The number of ketones is 1. The molecule has 0 bridgehead atoms. The first-order valence-corrected chi connectivity index (χ1v) is 8.19. The van der Waals surface area contributed by atoms with Gasteiger partial charge in [0.05, 0.1) is 14.2 Å². The number of rotatable bonds is 4. The van der Waals surface area contributed by atoms with Crippen LogP contribution in [0.25, 0.3) is 0 Å². The lowest BCUT2D eigenvalue weighted by Gasteiger charge is -2.43. The van der Waals surface area contributed by atoms with E-state index in [0.29, 0.717) is 25.1 Å². The molecule has 0 N–H and O–H groups in total. The van der Waals surface area contributed by atoms with Crippen LogP contribution in [0.5, 0.6) is 11.5 Å². The zero-order chi connectivity index (χ0) is 18.2.